The summed E-state index contributed by atoms with van der Waals surface area (Å²) < 4.78 is 7.36. The van der Waals surface area contributed by atoms with E-state index in [1.165, 1.54) is 0 Å². The van der Waals surface area contributed by atoms with Gasteiger partial charge < -0.3 is 14.2 Å². The number of hydrogen-bond donors (Lipinski definition) is 0. The van der Waals surface area contributed by atoms with Crippen molar-refractivity contribution in [2.75, 3.05) is 20.2 Å². The van der Waals surface area contributed by atoms with E-state index in [0.717, 1.165) is 53.5 Å². The van der Waals surface area contributed by atoms with Crippen LogP contribution >= 0.6 is 0 Å². The zero-order chi connectivity index (χ0) is 24.2. The topological polar surface area (TPSA) is 86.0 Å². The number of hydrogen-bond acceptors (Lipinski definition) is 6. The number of ether oxygens (including phenoxy) is 1. The second-order valence-electron chi connectivity index (χ2n) is 8.84. The van der Waals surface area contributed by atoms with Gasteiger partial charge >= 0.3 is 0 Å². The van der Waals surface area contributed by atoms with Crippen molar-refractivity contribution in [3.05, 3.63) is 90.0 Å². The fourth-order valence-electron chi connectivity index (χ4n) is 4.59. The average Bonchev–Trinajstić information content (AvgIpc) is 3.35. The van der Waals surface area contributed by atoms with Crippen LogP contribution in [0.15, 0.2) is 67.5 Å². The van der Waals surface area contributed by atoms with E-state index in [1.54, 1.807) is 32.0 Å². The molecule has 1 aliphatic rings. The van der Waals surface area contributed by atoms with Crippen molar-refractivity contribution in [2.24, 2.45) is 7.05 Å². The van der Waals surface area contributed by atoms with Crippen LogP contribution in [0.2, 0.25) is 0 Å². The first-order valence-corrected chi connectivity index (χ1v) is 11.8. The van der Waals surface area contributed by atoms with E-state index in [1.807, 2.05) is 59.1 Å². The fourth-order valence-corrected chi connectivity index (χ4v) is 4.59. The first-order valence-electron chi connectivity index (χ1n) is 11.8. The Morgan fingerprint density at radius 2 is 1.97 bits per heavy atom. The SMILES string of the molecule is COc1ccccc1Cc1ccc(C(=O)N2CCC[C@@H](c3cncc(-c4cncn4C)n3)C2)cn1. The third-order valence-electron chi connectivity index (χ3n) is 6.49. The van der Waals surface area contributed by atoms with E-state index in [9.17, 15) is 4.79 Å². The number of benzene rings is 1. The summed E-state index contributed by atoms with van der Waals surface area (Å²) in [4.78, 5) is 33.2. The zero-order valence-corrected chi connectivity index (χ0v) is 20.0. The van der Waals surface area contributed by atoms with E-state index in [0.29, 0.717) is 18.5 Å². The van der Waals surface area contributed by atoms with Gasteiger partial charge in [-0.15, -0.1) is 0 Å². The van der Waals surface area contributed by atoms with Gasteiger partial charge in [0.15, 0.2) is 0 Å². The number of para-hydroxylation sites is 1. The molecule has 0 saturated carbocycles. The molecule has 1 saturated heterocycles. The number of pyridine rings is 1. The molecule has 8 heteroatoms. The summed E-state index contributed by atoms with van der Waals surface area (Å²) in [6.07, 6.45) is 11.3. The second-order valence-corrected chi connectivity index (χ2v) is 8.84. The molecule has 8 nitrogen and oxygen atoms in total. The first kappa shape index (κ1) is 22.7. The summed E-state index contributed by atoms with van der Waals surface area (Å²) in [5, 5.41) is 0. The highest BCUT2D eigenvalue weighted by Gasteiger charge is 2.27. The monoisotopic (exact) mass is 468 g/mol. The van der Waals surface area contributed by atoms with Gasteiger partial charge in [-0.25, -0.2) is 9.97 Å². The number of nitrogens with zero attached hydrogens (tertiary/aromatic N) is 6. The first-order chi connectivity index (χ1) is 17.1. The zero-order valence-electron chi connectivity index (χ0n) is 20.0. The van der Waals surface area contributed by atoms with Crippen LogP contribution in [0.1, 0.15) is 46.1 Å². The summed E-state index contributed by atoms with van der Waals surface area (Å²) in [7, 11) is 3.61. The molecule has 0 aliphatic carbocycles. The van der Waals surface area contributed by atoms with Crippen LogP contribution in [0, 0.1) is 0 Å². The summed E-state index contributed by atoms with van der Waals surface area (Å²) in [6, 6.07) is 11.7. The molecule has 1 aromatic carbocycles. The minimum atomic E-state index is 0.00166. The highest BCUT2D eigenvalue weighted by Crippen LogP contribution is 2.28. The fraction of sp³-hybridized carbons (Fsp3) is 0.296. The molecular weight excluding hydrogens is 440 g/mol. The minimum absolute atomic E-state index is 0.00166. The lowest BCUT2D eigenvalue weighted by molar-refractivity contribution is 0.0705. The lowest BCUT2D eigenvalue weighted by Gasteiger charge is -2.32. The summed E-state index contributed by atoms with van der Waals surface area (Å²) in [5.74, 6) is 0.984. The second kappa shape index (κ2) is 10.0. The Morgan fingerprint density at radius 3 is 2.74 bits per heavy atom. The molecule has 3 aromatic heterocycles. The molecule has 0 spiro atoms. The number of aromatic nitrogens is 5. The van der Waals surface area contributed by atoms with E-state index in [-0.39, 0.29) is 11.8 Å². The number of likely N-dealkylation sites (tertiary alicyclic amines) is 1. The molecule has 0 N–H and O–H groups in total. The van der Waals surface area contributed by atoms with Crippen LogP contribution in [0.4, 0.5) is 0 Å². The highest BCUT2D eigenvalue weighted by atomic mass is 16.5. The standard InChI is InChI=1S/C27H28N6O2/c1-32-18-29-16-25(32)24-15-28-14-23(31-24)21-7-5-11-33(17-21)27(34)20-9-10-22(30-13-20)12-19-6-3-4-8-26(19)35-2/h3-4,6,8-10,13-16,18,21H,5,7,11-12,17H2,1-2H3/t21-/m1/s1. The van der Waals surface area contributed by atoms with Crippen LogP contribution in [-0.4, -0.2) is 55.5 Å². The van der Waals surface area contributed by atoms with E-state index in [4.69, 9.17) is 9.72 Å². The number of piperidine rings is 1. The summed E-state index contributed by atoms with van der Waals surface area (Å²) in [6.45, 7) is 1.35. The molecule has 1 atom stereocenters. The van der Waals surface area contributed by atoms with Gasteiger partial charge in [-0.05, 0) is 31.0 Å². The number of imidazole rings is 1. The molecule has 0 unspecified atom stereocenters. The van der Waals surface area contributed by atoms with Crippen molar-refractivity contribution in [3.8, 4) is 17.1 Å². The van der Waals surface area contributed by atoms with Crippen molar-refractivity contribution in [2.45, 2.75) is 25.2 Å². The molecule has 1 amide bonds. The van der Waals surface area contributed by atoms with Crippen molar-refractivity contribution < 1.29 is 9.53 Å². The van der Waals surface area contributed by atoms with Gasteiger partial charge in [0.2, 0.25) is 0 Å². The largest absolute Gasteiger partial charge is 0.496 e. The summed E-state index contributed by atoms with van der Waals surface area (Å²) >= 11 is 0. The van der Waals surface area contributed by atoms with E-state index >= 15 is 0 Å². The molecule has 5 rings (SSSR count). The highest BCUT2D eigenvalue weighted by molar-refractivity contribution is 5.94. The van der Waals surface area contributed by atoms with Gasteiger partial charge in [-0.2, -0.15) is 0 Å². The van der Waals surface area contributed by atoms with Crippen molar-refractivity contribution in [1.29, 1.82) is 0 Å². The molecule has 0 radical (unpaired) electrons. The number of amides is 1. The maximum atomic E-state index is 13.3. The van der Waals surface area contributed by atoms with Crippen LogP contribution < -0.4 is 4.74 Å². The molecule has 1 aliphatic heterocycles. The maximum absolute atomic E-state index is 13.3. The van der Waals surface area contributed by atoms with Crippen LogP contribution in [-0.2, 0) is 13.5 Å². The normalized spacial score (nSPS) is 15.7. The number of carbonyl (C=O) groups excluding carboxylic acids is 1. The lowest BCUT2D eigenvalue weighted by atomic mass is 9.94. The Hall–Kier alpha value is -4.07. The lowest BCUT2D eigenvalue weighted by Crippen LogP contribution is -2.39. The molecule has 178 valence electrons. The molecule has 4 heterocycles. The maximum Gasteiger partial charge on any atom is 0.255 e. The third kappa shape index (κ3) is 4.91. The van der Waals surface area contributed by atoms with Crippen molar-refractivity contribution in [1.82, 2.24) is 29.4 Å². The van der Waals surface area contributed by atoms with E-state index < -0.39 is 0 Å². The number of methoxy groups -OCH3 is 1. The Labute approximate surface area is 204 Å². The van der Waals surface area contributed by atoms with Crippen molar-refractivity contribution in [3.63, 3.8) is 0 Å². The predicted molar refractivity (Wildman–Crippen MR) is 132 cm³/mol. The van der Waals surface area contributed by atoms with Crippen molar-refractivity contribution >= 4 is 5.91 Å². The number of carbonyl (C=O) groups is 1. The van der Waals surface area contributed by atoms with Gasteiger partial charge in [-0.3, -0.25) is 14.8 Å². The van der Waals surface area contributed by atoms with Crippen LogP contribution in [0.25, 0.3) is 11.4 Å². The van der Waals surface area contributed by atoms with Gasteiger partial charge in [0.1, 0.15) is 11.4 Å². The molecule has 0 bridgehead atoms. The molecule has 1 fully saturated rings. The Morgan fingerprint density at radius 1 is 1.09 bits per heavy atom. The minimum Gasteiger partial charge on any atom is -0.496 e. The molecular formula is C27H28N6O2. The average molecular weight is 469 g/mol. The quantitative estimate of drug-likeness (QED) is 0.427. The molecule has 4 aromatic rings. The Bertz CT molecular complexity index is 1320. The van der Waals surface area contributed by atoms with Crippen LogP contribution in [0.5, 0.6) is 5.75 Å². The Balaban J connectivity index is 1.28. The van der Waals surface area contributed by atoms with Gasteiger partial charge in [0, 0.05) is 56.1 Å². The molecule has 35 heavy (non-hydrogen) atoms. The smallest absolute Gasteiger partial charge is 0.255 e. The third-order valence-corrected chi connectivity index (χ3v) is 6.49. The Kier molecular flexibility index (Phi) is 6.52. The van der Waals surface area contributed by atoms with Gasteiger partial charge in [-0.1, -0.05) is 18.2 Å². The number of rotatable bonds is 6. The predicted octanol–water partition coefficient (Wildman–Crippen LogP) is 3.89. The van der Waals surface area contributed by atoms with Gasteiger partial charge in [0.05, 0.1) is 42.8 Å². The van der Waals surface area contributed by atoms with E-state index in [2.05, 4.69) is 15.0 Å². The number of aryl methyl sites for hydroxylation is 1. The van der Waals surface area contributed by atoms with Crippen LogP contribution in [0.3, 0.4) is 0 Å². The van der Waals surface area contributed by atoms with Gasteiger partial charge in [0.25, 0.3) is 5.91 Å². The summed E-state index contributed by atoms with van der Waals surface area (Å²) in [5.41, 5.74) is 5.18.